The van der Waals surface area contributed by atoms with Crippen molar-refractivity contribution < 1.29 is 18.8 Å². The Bertz CT molecular complexity index is 755. The van der Waals surface area contributed by atoms with E-state index in [1.807, 2.05) is 30.0 Å². The van der Waals surface area contributed by atoms with Gasteiger partial charge < -0.3 is 18.9 Å². The molecule has 138 valence electrons. The van der Waals surface area contributed by atoms with Gasteiger partial charge in [-0.25, -0.2) is 4.98 Å². The summed E-state index contributed by atoms with van der Waals surface area (Å²) in [5.74, 6) is 1.66. The van der Waals surface area contributed by atoms with E-state index >= 15 is 0 Å². The molecular formula is C19H23N3O4. The lowest BCUT2D eigenvalue weighted by Gasteiger charge is -2.50. The first-order chi connectivity index (χ1) is 12.7. The number of rotatable bonds is 6. The molecule has 4 rings (SSSR count). The summed E-state index contributed by atoms with van der Waals surface area (Å²) < 4.78 is 16.9. The van der Waals surface area contributed by atoms with Gasteiger partial charge >= 0.3 is 0 Å². The first kappa shape index (κ1) is 17.0. The molecule has 2 saturated heterocycles. The second kappa shape index (κ2) is 7.07. The van der Waals surface area contributed by atoms with Gasteiger partial charge in [-0.3, -0.25) is 4.79 Å². The summed E-state index contributed by atoms with van der Waals surface area (Å²) in [4.78, 5) is 18.6. The van der Waals surface area contributed by atoms with E-state index in [1.54, 1.807) is 6.20 Å². The minimum atomic E-state index is -0.229. The Hall–Kier alpha value is -2.41. The van der Waals surface area contributed by atoms with Crippen LogP contribution in [0.2, 0.25) is 0 Å². The summed E-state index contributed by atoms with van der Waals surface area (Å²) >= 11 is 0. The van der Waals surface area contributed by atoms with Crippen LogP contribution in [-0.2, 0) is 11.2 Å². The number of carbonyl (C=O) groups is 1. The summed E-state index contributed by atoms with van der Waals surface area (Å²) in [6.07, 6.45) is 5.79. The van der Waals surface area contributed by atoms with Gasteiger partial charge in [0.2, 0.25) is 5.88 Å². The van der Waals surface area contributed by atoms with E-state index in [0.29, 0.717) is 49.2 Å². The van der Waals surface area contributed by atoms with Crippen LogP contribution in [0.1, 0.15) is 35.9 Å². The molecule has 2 aliphatic heterocycles. The lowest BCUT2D eigenvalue weighted by molar-refractivity contribution is -0.119. The van der Waals surface area contributed by atoms with E-state index in [4.69, 9.17) is 14.0 Å². The number of aromatic nitrogens is 2. The lowest BCUT2D eigenvalue weighted by atomic mass is 9.79. The smallest absolute Gasteiger partial charge is 0.259 e. The number of nitrogens with zero attached hydrogens (tertiary/aromatic N) is 3. The number of hydrogen-bond acceptors (Lipinski definition) is 6. The van der Waals surface area contributed by atoms with Crippen molar-refractivity contribution in [3.8, 4) is 5.88 Å². The van der Waals surface area contributed by atoms with Crippen LogP contribution in [-0.4, -0.2) is 52.9 Å². The molecule has 0 bridgehead atoms. The Morgan fingerprint density at radius 1 is 1.42 bits per heavy atom. The monoisotopic (exact) mass is 357 g/mol. The van der Waals surface area contributed by atoms with Crippen LogP contribution in [0, 0.1) is 5.92 Å². The van der Waals surface area contributed by atoms with Crippen LogP contribution in [0.25, 0.3) is 0 Å². The van der Waals surface area contributed by atoms with E-state index < -0.39 is 0 Å². The third kappa shape index (κ3) is 3.07. The molecule has 1 atom stereocenters. The topological polar surface area (TPSA) is 77.7 Å². The second-order valence-corrected chi connectivity index (χ2v) is 6.88. The number of ether oxygens (including phenoxy) is 2. The number of pyridine rings is 1. The van der Waals surface area contributed by atoms with Crippen molar-refractivity contribution in [2.75, 3.05) is 26.3 Å². The summed E-state index contributed by atoms with van der Waals surface area (Å²) in [6, 6.07) is 5.63. The zero-order valence-electron chi connectivity index (χ0n) is 14.9. The highest BCUT2D eigenvalue weighted by Gasteiger charge is 2.54. The largest absolute Gasteiger partial charge is 0.478 e. The number of hydrogen-bond donors (Lipinski definition) is 0. The lowest BCUT2D eigenvalue weighted by Crippen LogP contribution is -2.66. The van der Waals surface area contributed by atoms with Gasteiger partial charge in [0.25, 0.3) is 5.91 Å². The Balaban J connectivity index is 1.32. The molecule has 7 nitrogen and oxygen atoms in total. The minimum absolute atomic E-state index is 0.0206. The number of likely N-dealkylation sites (tertiary alicyclic amines) is 1. The van der Waals surface area contributed by atoms with Crippen molar-refractivity contribution in [2.45, 2.75) is 31.8 Å². The van der Waals surface area contributed by atoms with E-state index in [-0.39, 0.29) is 11.5 Å². The normalized spacial score (nSPS) is 21.0. The average molecular weight is 357 g/mol. The van der Waals surface area contributed by atoms with Crippen LogP contribution in [0.5, 0.6) is 5.88 Å². The third-order valence-electron chi connectivity index (χ3n) is 5.35. The van der Waals surface area contributed by atoms with Gasteiger partial charge in [0.05, 0.1) is 25.9 Å². The molecule has 0 unspecified atom stereocenters. The molecule has 0 N–H and O–H groups in total. The molecule has 0 aliphatic carbocycles. The van der Waals surface area contributed by atoms with E-state index in [9.17, 15) is 4.79 Å². The quantitative estimate of drug-likeness (QED) is 0.790. The van der Waals surface area contributed by atoms with Gasteiger partial charge in [-0.2, -0.15) is 0 Å². The Morgan fingerprint density at radius 2 is 2.31 bits per heavy atom. The van der Waals surface area contributed by atoms with Crippen molar-refractivity contribution in [1.29, 1.82) is 0 Å². The second-order valence-electron chi connectivity index (χ2n) is 6.88. The first-order valence-corrected chi connectivity index (χ1v) is 9.12. The van der Waals surface area contributed by atoms with Crippen molar-refractivity contribution in [1.82, 2.24) is 15.0 Å². The molecular weight excluding hydrogens is 334 g/mol. The molecule has 7 heteroatoms. The van der Waals surface area contributed by atoms with Gasteiger partial charge in [-0.05, 0) is 24.8 Å². The van der Waals surface area contributed by atoms with Crippen LogP contribution >= 0.6 is 0 Å². The zero-order valence-corrected chi connectivity index (χ0v) is 14.9. The molecule has 2 aliphatic rings. The molecule has 1 spiro atoms. The van der Waals surface area contributed by atoms with Crippen LogP contribution in [0.15, 0.2) is 35.1 Å². The standard InChI is InChI=1S/C19H23N3O4/c1-2-16-15(11-21-26-16)18(23)22-12-19(13-22)14(7-10-25-19)6-9-24-17-5-3-4-8-20-17/h3-5,8,11,14H,2,6-7,9-10,12-13H2,1H3/t14-/m0/s1. The first-order valence-electron chi connectivity index (χ1n) is 9.12. The molecule has 4 heterocycles. The van der Waals surface area contributed by atoms with Crippen molar-refractivity contribution in [3.63, 3.8) is 0 Å². The van der Waals surface area contributed by atoms with E-state index in [0.717, 1.165) is 19.4 Å². The molecule has 26 heavy (non-hydrogen) atoms. The molecule has 1 amide bonds. The fourth-order valence-corrected chi connectivity index (χ4v) is 3.89. The molecule has 2 aromatic rings. The average Bonchev–Trinajstić information content (AvgIpc) is 3.27. The summed E-state index contributed by atoms with van der Waals surface area (Å²) in [6.45, 7) is 4.53. The number of amides is 1. The molecule has 2 aromatic heterocycles. The SMILES string of the molecule is CCc1oncc1C(=O)N1CC2(C1)OCC[C@@H]2CCOc1ccccn1. The highest BCUT2D eigenvalue weighted by atomic mass is 16.5. The van der Waals surface area contributed by atoms with Gasteiger partial charge in [0, 0.05) is 25.3 Å². The van der Waals surface area contributed by atoms with Crippen LogP contribution in [0.4, 0.5) is 0 Å². The Morgan fingerprint density at radius 3 is 3.08 bits per heavy atom. The maximum absolute atomic E-state index is 12.7. The maximum Gasteiger partial charge on any atom is 0.259 e. The van der Waals surface area contributed by atoms with E-state index in [2.05, 4.69) is 10.1 Å². The van der Waals surface area contributed by atoms with Gasteiger partial charge in [0.15, 0.2) is 0 Å². The van der Waals surface area contributed by atoms with Gasteiger partial charge in [-0.15, -0.1) is 0 Å². The summed E-state index contributed by atoms with van der Waals surface area (Å²) in [5.41, 5.74) is 0.336. The predicted molar refractivity (Wildman–Crippen MR) is 92.9 cm³/mol. The highest BCUT2D eigenvalue weighted by molar-refractivity contribution is 5.95. The fraction of sp³-hybridized carbons (Fsp3) is 0.526. The summed E-state index contributed by atoms with van der Waals surface area (Å²) in [7, 11) is 0. The molecule has 2 fully saturated rings. The third-order valence-corrected chi connectivity index (χ3v) is 5.35. The molecule has 0 radical (unpaired) electrons. The van der Waals surface area contributed by atoms with Gasteiger partial charge in [0.1, 0.15) is 16.9 Å². The van der Waals surface area contributed by atoms with Crippen molar-refractivity contribution in [3.05, 3.63) is 41.9 Å². The zero-order chi connectivity index (χ0) is 18.0. The Labute approximate surface area is 152 Å². The maximum atomic E-state index is 12.7. The highest BCUT2D eigenvalue weighted by Crippen LogP contribution is 2.42. The van der Waals surface area contributed by atoms with Gasteiger partial charge in [-0.1, -0.05) is 18.1 Å². The predicted octanol–water partition coefficient (Wildman–Crippen LogP) is 2.33. The van der Waals surface area contributed by atoms with E-state index in [1.165, 1.54) is 6.20 Å². The Kier molecular flexibility index (Phi) is 4.63. The van der Waals surface area contributed by atoms with Crippen LogP contribution in [0.3, 0.4) is 0 Å². The molecule has 0 saturated carbocycles. The van der Waals surface area contributed by atoms with Crippen LogP contribution < -0.4 is 4.74 Å². The minimum Gasteiger partial charge on any atom is -0.478 e. The number of aryl methyl sites for hydroxylation is 1. The fourth-order valence-electron chi connectivity index (χ4n) is 3.89. The number of carbonyl (C=O) groups excluding carboxylic acids is 1. The summed E-state index contributed by atoms with van der Waals surface area (Å²) in [5, 5.41) is 3.75. The molecule has 0 aromatic carbocycles. The van der Waals surface area contributed by atoms with Crippen molar-refractivity contribution in [2.24, 2.45) is 5.92 Å². The van der Waals surface area contributed by atoms with Crippen molar-refractivity contribution >= 4 is 5.91 Å².